The second-order valence-corrected chi connectivity index (χ2v) is 7.19. The molecule has 162 valence electrons. The van der Waals surface area contributed by atoms with Crippen molar-refractivity contribution in [2.24, 2.45) is 4.99 Å². The number of ether oxygens (including phenoxy) is 1. The summed E-state index contributed by atoms with van der Waals surface area (Å²) in [6.45, 7) is 0.982. The second kappa shape index (κ2) is 8.43. The molecule has 1 aromatic heterocycles. The van der Waals surface area contributed by atoms with Crippen LogP contribution in [0.5, 0.6) is 5.75 Å². The van der Waals surface area contributed by atoms with E-state index in [0.29, 0.717) is 18.5 Å². The fourth-order valence-corrected chi connectivity index (χ4v) is 3.30. The van der Waals surface area contributed by atoms with Crippen LogP contribution >= 0.6 is 0 Å². The van der Waals surface area contributed by atoms with E-state index < -0.39 is 17.6 Å². The van der Waals surface area contributed by atoms with Crippen molar-refractivity contribution in [1.29, 1.82) is 0 Å². The molecule has 1 amide bonds. The number of alkyl halides is 3. The van der Waals surface area contributed by atoms with Gasteiger partial charge < -0.3 is 19.6 Å². The number of hydrogen-bond donors (Lipinski definition) is 2. The number of fused-ring (bicyclic) bond motifs is 1. The average Bonchev–Trinajstić information content (AvgIpc) is 3.25. The number of benzene rings is 2. The van der Waals surface area contributed by atoms with Gasteiger partial charge in [0.15, 0.2) is 0 Å². The van der Waals surface area contributed by atoms with Gasteiger partial charge in [0.1, 0.15) is 16.9 Å². The van der Waals surface area contributed by atoms with Crippen LogP contribution in [0.1, 0.15) is 28.8 Å². The molecule has 6 nitrogen and oxygen atoms in total. The monoisotopic (exact) mass is 432 g/mol. The summed E-state index contributed by atoms with van der Waals surface area (Å²) in [5, 5.41) is 13.1. The normalized spacial score (nSPS) is 17.3. The molecule has 1 aliphatic rings. The summed E-state index contributed by atoms with van der Waals surface area (Å²) in [5.74, 6) is -0.479. The maximum absolute atomic E-state index is 12.8. The SMILES string of the molecule is O=C(NC[C@@H]1CCCO1)c1cc2ccc(O)cc2oc1=Nc1ccc(C(F)(F)F)cc1. The van der Waals surface area contributed by atoms with Gasteiger partial charge in [-0.3, -0.25) is 4.79 Å². The first-order valence-corrected chi connectivity index (χ1v) is 9.68. The molecule has 4 rings (SSSR count). The number of nitrogens with one attached hydrogen (secondary N) is 1. The van der Waals surface area contributed by atoms with Gasteiger partial charge in [-0.1, -0.05) is 0 Å². The Morgan fingerprint density at radius 3 is 2.61 bits per heavy atom. The highest BCUT2D eigenvalue weighted by molar-refractivity contribution is 5.96. The lowest BCUT2D eigenvalue weighted by molar-refractivity contribution is -0.137. The van der Waals surface area contributed by atoms with Gasteiger partial charge in [-0.25, -0.2) is 4.99 Å². The van der Waals surface area contributed by atoms with Crippen molar-refractivity contribution in [2.75, 3.05) is 13.2 Å². The Labute approximate surface area is 175 Å². The van der Waals surface area contributed by atoms with Gasteiger partial charge in [0.05, 0.1) is 17.4 Å². The van der Waals surface area contributed by atoms with Crippen molar-refractivity contribution < 1.29 is 32.2 Å². The maximum atomic E-state index is 12.8. The van der Waals surface area contributed by atoms with Crippen molar-refractivity contribution >= 4 is 22.6 Å². The molecule has 2 aromatic carbocycles. The lowest BCUT2D eigenvalue weighted by Gasteiger charge is -2.11. The molecule has 0 radical (unpaired) electrons. The zero-order valence-electron chi connectivity index (χ0n) is 16.3. The highest BCUT2D eigenvalue weighted by atomic mass is 19.4. The van der Waals surface area contributed by atoms with Crippen LogP contribution in [0, 0.1) is 0 Å². The molecular weight excluding hydrogens is 413 g/mol. The lowest BCUT2D eigenvalue weighted by atomic mass is 10.1. The van der Waals surface area contributed by atoms with E-state index in [4.69, 9.17) is 9.15 Å². The van der Waals surface area contributed by atoms with E-state index in [2.05, 4.69) is 10.3 Å². The number of phenols is 1. The first-order chi connectivity index (χ1) is 14.8. The third-order valence-corrected chi connectivity index (χ3v) is 4.92. The Morgan fingerprint density at radius 1 is 1.16 bits per heavy atom. The molecule has 0 aliphatic carbocycles. The van der Waals surface area contributed by atoms with Crippen LogP contribution in [0.15, 0.2) is 57.9 Å². The van der Waals surface area contributed by atoms with Gasteiger partial charge in [-0.2, -0.15) is 13.2 Å². The number of hydrogen-bond acceptors (Lipinski definition) is 5. The van der Waals surface area contributed by atoms with E-state index in [1.165, 1.54) is 24.3 Å². The van der Waals surface area contributed by atoms with Crippen molar-refractivity contribution in [2.45, 2.75) is 25.1 Å². The summed E-state index contributed by atoms with van der Waals surface area (Å²) in [6.07, 6.45) is -2.74. The highest BCUT2D eigenvalue weighted by Crippen LogP contribution is 2.30. The fraction of sp³-hybridized carbons (Fsp3) is 0.273. The Bertz CT molecular complexity index is 1160. The third kappa shape index (κ3) is 4.88. The Hall–Kier alpha value is -3.33. The van der Waals surface area contributed by atoms with Gasteiger partial charge in [0, 0.05) is 24.6 Å². The molecule has 1 aliphatic heterocycles. The molecule has 1 atom stereocenters. The number of carbonyl (C=O) groups is 1. The van der Waals surface area contributed by atoms with E-state index in [9.17, 15) is 23.1 Å². The number of aromatic hydroxyl groups is 1. The third-order valence-electron chi connectivity index (χ3n) is 4.92. The lowest BCUT2D eigenvalue weighted by Crippen LogP contribution is -2.34. The molecule has 1 saturated heterocycles. The largest absolute Gasteiger partial charge is 0.508 e. The number of carbonyl (C=O) groups excluding carboxylic acids is 1. The van der Waals surface area contributed by atoms with Gasteiger partial charge in [-0.05, 0) is 55.3 Å². The smallest absolute Gasteiger partial charge is 0.416 e. The Kier molecular flexibility index (Phi) is 5.69. The fourth-order valence-electron chi connectivity index (χ4n) is 3.30. The molecule has 0 unspecified atom stereocenters. The van der Waals surface area contributed by atoms with Crippen LogP contribution < -0.4 is 10.9 Å². The quantitative estimate of drug-likeness (QED) is 0.644. The van der Waals surface area contributed by atoms with E-state index in [-0.39, 0.29) is 34.2 Å². The van der Waals surface area contributed by atoms with Crippen LogP contribution in [0.4, 0.5) is 18.9 Å². The summed E-state index contributed by atoms with van der Waals surface area (Å²) in [5.41, 5.74) is -0.300. The van der Waals surface area contributed by atoms with Crippen LogP contribution in [-0.4, -0.2) is 30.3 Å². The topological polar surface area (TPSA) is 84.1 Å². The number of phenolic OH excluding ortho intramolecular Hbond substituents is 1. The van der Waals surface area contributed by atoms with Crippen molar-refractivity contribution in [3.8, 4) is 5.75 Å². The molecular formula is C22H19F3N2O4. The molecule has 0 bridgehead atoms. The van der Waals surface area contributed by atoms with E-state index in [1.54, 1.807) is 12.1 Å². The molecule has 9 heteroatoms. The minimum atomic E-state index is -4.46. The van der Waals surface area contributed by atoms with E-state index in [0.717, 1.165) is 25.0 Å². The molecule has 0 saturated carbocycles. The number of rotatable bonds is 4. The molecule has 0 spiro atoms. The summed E-state index contributed by atoms with van der Waals surface area (Å²) < 4.78 is 49.7. The zero-order chi connectivity index (χ0) is 22.0. The molecule has 2 heterocycles. The zero-order valence-corrected chi connectivity index (χ0v) is 16.3. The van der Waals surface area contributed by atoms with Crippen molar-refractivity contribution in [1.82, 2.24) is 5.32 Å². The molecule has 3 aromatic rings. The first kappa shape index (κ1) is 20.9. The van der Waals surface area contributed by atoms with Crippen LogP contribution in [-0.2, 0) is 10.9 Å². The predicted octanol–water partition coefficient (Wildman–Crippen LogP) is 4.30. The molecule has 1 fully saturated rings. The van der Waals surface area contributed by atoms with Gasteiger partial charge in [0.25, 0.3) is 5.91 Å². The minimum Gasteiger partial charge on any atom is -0.508 e. The molecule has 31 heavy (non-hydrogen) atoms. The number of halogens is 3. The minimum absolute atomic E-state index is 0.0349. The van der Waals surface area contributed by atoms with Crippen molar-refractivity contribution in [3.63, 3.8) is 0 Å². The van der Waals surface area contributed by atoms with Crippen molar-refractivity contribution in [3.05, 3.63) is 65.2 Å². The summed E-state index contributed by atoms with van der Waals surface area (Å²) in [4.78, 5) is 17.1. The average molecular weight is 432 g/mol. The first-order valence-electron chi connectivity index (χ1n) is 9.68. The number of nitrogens with zero attached hydrogens (tertiary/aromatic N) is 1. The van der Waals surface area contributed by atoms with Crippen LogP contribution in [0.2, 0.25) is 0 Å². The number of amides is 1. The van der Waals surface area contributed by atoms with Crippen LogP contribution in [0.3, 0.4) is 0 Å². The van der Waals surface area contributed by atoms with Gasteiger partial charge in [-0.15, -0.1) is 0 Å². The van der Waals surface area contributed by atoms with E-state index in [1.807, 2.05) is 0 Å². The Morgan fingerprint density at radius 2 is 1.94 bits per heavy atom. The molecule has 2 N–H and O–H groups in total. The predicted molar refractivity (Wildman–Crippen MR) is 106 cm³/mol. The standard InChI is InChI=1S/C22H19F3N2O4/c23-22(24,25)14-4-6-15(7-5-14)27-21-18(20(29)26-12-17-2-1-9-30-17)10-13-3-8-16(28)11-19(13)31-21/h3-8,10-11,17,28H,1-2,9,12H2,(H,26,29)/t17-/m0/s1. The van der Waals surface area contributed by atoms with E-state index >= 15 is 0 Å². The summed E-state index contributed by atoms with van der Waals surface area (Å²) >= 11 is 0. The summed E-state index contributed by atoms with van der Waals surface area (Å²) in [6, 6.07) is 10.2. The van der Waals surface area contributed by atoms with Gasteiger partial charge in [0.2, 0.25) is 5.55 Å². The maximum Gasteiger partial charge on any atom is 0.416 e. The second-order valence-electron chi connectivity index (χ2n) is 7.19. The highest BCUT2D eigenvalue weighted by Gasteiger charge is 2.30. The van der Waals surface area contributed by atoms with Crippen LogP contribution in [0.25, 0.3) is 11.0 Å². The Balaban J connectivity index is 1.73. The van der Waals surface area contributed by atoms with Gasteiger partial charge >= 0.3 is 6.18 Å². The summed E-state index contributed by atoms with van der Waals surface area (Å²) in [7, 11) is 0.